The van der Waals surface area contributed by atoms with Crippen LogP contribution in [0.5, 0.6) is 0 Å². The van der Waals surface area contributed by atoms with Crippen LogP contribution in [0.2, 0.25) is 0 Å². The zero-order valence-corrected chi connectivity index (χ0v) is 11.3. The Kier molecular flexibility index (Phi) is 4.83. The lowest BCUT2D eigenvalue weighted by atomic mass is 10.0. The second-order valence-corrected chi connectivity index (χ2v) is 5.88. The average molecular weight is 241 g/mol. The molecule has 2 fully saturated rings. The van der Waals surface area contributed by atoms with Gasteiger partial charge < -0.3 is 14.8 Å². The van der Waals surface area contributed by atoms with E-state index in [1.807, 2.05) is 7.11 Å². The zero-order chi connectivity index (χ0) is 12.1. The van der Waals surface area contributed by atoms with Crippen molar-refractivity contribution in [2.75, 3.05) is 26.9 Å². The number of hydrogen-bond acceptors (Lipinski definition) is 3. The van der Waals surface area contributed by atoms with Crippen LogP contribution in [0, 0.1) is 5.92 Å². The predicted molar refractivity (Wildman–Crippen MR) is 69.2 cm³/mol. The third kappa shape index (κ3) is 3.67. The molecule has 0 aromatic heterocycles. The number of methoxy groups -OCH3 is 1. The van der Waals surface area contributed by atoms with Gasteiger partial charge in [-0.15, -0.1) is 0 Å². The quantitative estimate of drug-likeness (QED) is 0.766. The summed E-state index contributed by atoms with van der Waals surface area (Å²) in [6.07, 6.45) is 7.81. The third-order valence-electron chi connectivity index (χ3n) is 4.47. The molecule has 1 aliphatic heterocycles. The second kappa shape index (κ2) is 6.17. The van der Waals surface area contributed by atoms with Crippen molar-refractivity contribution in [1.82, 2.24) is 5.32 Å². The van der Waals surface area contributed by atoms with Crippen molar-refractivity contribution in [1.29, 1.82) is 0 Å². The topological polar surface area (TPSA) is 30.5 Å². The van der Waals surface area contributed by atoms with Crippen LogP contribution in [0.3, 0.4) is 0 Å². The van der Waals surface area contributed by atoms with E-state index in [0.717, 1.165) is 32.1 Å². The Morgan fingerprint density at radius 3 is 2.88 bits per heavy atom. The fourth-order valence-electron chi connectivity index (χ4n) is 2.98. The maximum absolute atomic E-state index is 5.65. The molecule has 1 saturated heterocycles. The monoisotopic (exact) mass is 241 g/mol. The van der Waals surface area contributed by atoms with Crippen molar-refractivity contribution < 1.29 is 9.47 Å². The van der Waals surface area contributed by atoms with Crippen LogP contribution in [0.4, 0.5) is 0 Å². The Labute approximate surface area is 105 Å². The molecule has 0 amide bonds. The molecule has 0 radical (unpaired) electrons. The summed E-state index contributed by atoms with van der Waals surface area (Å²) in [5.74, 6) is 0.910. The van der Waals surface area contributed by atoms with E-state index < -0.39 is 0 Å². The normalized spacial score (nSPS) is 39.2. The number of hydrogen-bond donors (Lipinski definition) is 1. The lowest BCUT2D eigenvalue weighted by molar-refractivity contribution is -0.0177. The molecule has 0 aromatic rings. The van der Waals surface area contributed by atoms with E-state index >= 15 is 0 Å². The standard InChI is InChI=1S/C14H27NO2/c1-12-4-3-5-13(7-6-12)15-10-14(16-2)8-9-17-11-14/h12-13,15H,3-11H2,1-2H3. The predicted octanol–water partition coefficient (Wildman–Crippen LogP) is 2.35. The first-order chi connectivity index (χ1) is 8.24. The van der Waals surface area contributed by atoms with Gasteiger partial charge in [0.2, 0.25) is 0 Å². The van der Waals surface area contributed by atoms with Crippen LogP contribution in [0.1, 0.15) is 45.4 Å². The lowest BCUT2D eigenvalue weighted by Gasteiger charge is -2.28. The molecule has 1 N–H and O–H groups in total. The van der Waals surface area contributed by atoms with Crippen LogP contribution >= 0.6 is 0 Å². The number of ether oxygens (including phenoxy) is 2. The summed E-state index contributed by atoms with van der Waals surface area (Å²) in [5, 5.41) is 3.71. The summed E-state index contributed by atoms with van der Waals surface area (Å²) >= 11 is 0. The highest BCUT2D eigenvalue weighted by atomic mass is 16.5. The van der Waals surface area contributed by atoms with Crippen molar-refractivity contribution >= 4 is 0 Å². The van der Waals surface area contributed by atoms with Gasteiger partial charge in [-0.25, -0.2) is 0 Å². The van der Waals surface area contributed by atoms with Gasteiger partial charge in [0, 0.05) is 32.7 Å². The lowest BCUT2D eigenvalue weighted by Crippen LogP contribution is -2.46. The van der Waals surface area contributed by atoms with Gasteiger partial charge in [-0.2, -0.15) is 0 Å². The summed E-state index contributed by atoms with van der Waals surface area (Å²) in [7, 11) is 1.81. The van der Waals surface area contributed by atoms with E-state index in [2.05, 4.69) is 12.2 Å². The minimum absolute atomic E-state index is 0.0576. The maximum atomic E-state index is 5.65. The molecule has 1 aliphatic carbocycles. The first kappa shape index (κ1) is 13.3. The summed E-state index contributed by atoms with van der Waals surface area (Å²) < 4.78 is 11.1. The average Bonchev–Trinajstić information content (AvgIpc) is 2.72. The van der Waals surface area contributed by atoms with Gasteiger partial charge in [-0.3, -0.25) is 0 Å². The fourth-order valence-corrected chi connectivity index (χ4v) is 2.98. The van der Waals surface area contributed by atoms with Gasteiger partial charge in [-0.05, 0) is 25.2 Å². The summed E-state index contributed by atoms with van der Waals surface area (Å²) in [6, 6.07) is 0.688. The summed E-state index contributed by atoms with van der Waals surface area (Å²) in [4.78, 5) is 0. The van der Waals surface area contributed by atoms with Crippen molar-refractivity contribution in [3.05, 3.63) is 0 Å². The van der Waals surface area contributed by atoms with Crippen molar-refractivity contribution in [3.8, 4) is 0 Å². The molecule has 1 saturated carbocycles. The first-order valence-electron chi connectivity index (χ1n) is 7.10. The minimum Gasteiger partial charge on any atom is -0.378 e. The van der Waals surface area contributed by atoms with Crippen LogP contribution < -0.4 is 5.32 Å². The minimum atomic E-state index is -0.0576. The highest BCUT2D eigenvalue weighted by molar-refractivity contribution is 4.88. The van der Waals surface area contributed by atoms with Crippen LogP contribution in [0.15, 0.2) is 0 Å². The molecular formula is C14H27NO2. The summed E-state index contributed by atoms with van der Waals surface area (Å²) in [5.41, 5.74) is -0.0576. The van der Waals surface area contributed by atoms with Crippen molar-refractivity contribution in [2.45, 2.75) is 57.1 Å². The van der Waals surface area contributed by atoms with Gasteiger partial charge in [0.1, 0.15) is 5.60 Å². The van der Waals surface area contributed by atoms with Crippen LogP contribution in [-0.4, -0.2) is 38.5 Å². The molecule has 3 heteroatoms. The molecule has 17 heavy (non-hydrogen) atoms. The molecule has 2 aliphatic rings. The third-order valence-corrected chi connectivity index (χ3v) is 4.47. The SMILES string of the molecule is COC1(CNC2CCCC(C)CC2)CCOC1. The van der Waals surface area contributed by atoms with Gasteiger partial charge in [0.25, 0.3) is 0 Å². The molecule has 0 bridgehead atoms. The smallest absolute Gasteiger partial charge is 0.106 e. The molecule has 3 atom stereocenters. The molecular weight excluding hydrogens is 214 g/mol. The molecule has 0 spiro atoms. The van der Waals surface area contributed by atoms with E-state index in [1.54, 1.807) is 0 Å². The maximum Gasteiger partial charge on any atom is 0.106 e. The number of nitrogens with one attached hydrogen (secondary N) is 1. The van der Waals surface area contributed by atoms with Crippen LogP contribution in [-0.2, 0) is 9.47 Å². The van der Waals surface area contributed by atoms with Gasteiger partial charge in [-0.1, -0.05) is 19.8 Å². The Bertz CT molecular complexity index is 226. The highest BCUT2D eigenvalue weighted by Gasteiger charge is 2.35. The van der Waals surface area contributed by atoms with E-state index in [9.17, 15) is 0 Å². The van der Waals surface area contributed by atoms with Crippen LogP contribution in [0.25, 0.3) is 0 Å². The van der Waals surface area contributed by atoms with Crippen molar-refractivity contribution in [2.24, 2.45) is 5.92 Å². The molecule has 1 heterocycles. The first-order valence-corrected chi connectivity index (χ1v) is 7.10. The largest absolute Gasteiger partial charge is 0.378 e. The highest BCUT2D eigenvalue weighted by Crippen LogP contribution is 2.25. The van der Waals surface area contributed by atoms with E-state index in [-0.39, 0.29) is 5.60 Å². The summed E-state index contributed by atoms with van der Waals surface area (Å²) in [6.45, 7) is 4.92. The Hall–Kier alpha value is -0.120. The zero-order valence-electron chi connectivity index (χ0n) is 11.3. The Balaban J connectivity index is 1.76. The molecule has 0 aromatic carbocycles. The van der Waals surface area contributed by atoms with Crippen molar-refractivity contribution in [3.63, 3.8) is 0 Å². The Morgan fingerprint density at radius 2 is 2.18 bits per heavy atom. The van der Waals surface area contributed by atoms with Gasteiger partial charge >= 0.3 is 0 Å². The number of rotatable bonds is 4. The Morgan fingerprint density at radius 1 is 1.29 bits per heavy atom. The fraction of sp³-hybridized carbons (Fsp3) is 1.00. The van der Waals surface area contributed by atoms with Gasteiger partial charge in [0.05, 0.1) is 6.61 Å². The molecule has 3 unspecified atom stereocenters. The molecule has 3 nitrogen and oxygen atoms in total. The van der Waals surface area contributed by atoms with E-state index in [0.29, 0.717) is 6.04 Å². The van der Waals surface area contributed by atoms with E-state index in [4.69, 9.17) is 9.47 Å². The second-order valence-electron chi connectivity index (χ2n) is 5.88. The van der Waals surface area contributed by atoms with E-state index in [1.165, 1.54) is 32.1 Å². The molecule has 100 valence electrons. The molecule has 2 rings (SSSR count). The van der Waals surface area contributed by atoms with Gasteiger partial charge in [0.15, 0.2) is 0 Å².